The first kappa shape index (κ1) is 25.6. The second-order valence-electron chi connectivity index (χ2n) is 7.09. The smallest absolute Gasteiger partial charge is 0.262 e. The van der Waals surface area contributed by atoms with Gasteiger partial charge in [-0.25, -0.2) is 17.2 Å². The van der Waals surface area contributed by atoms with Gasteiger partial charge in [-0.2, -0.15) is 0 Å². The molecule has 0 bridgehead atoms. The number of rotatable bonds is 9. The molecular formula is C24H23F2NO7S. The number of hydrogen-bond donors (Lipinski definition) is 2. The van der Waals surface area contributed by atoms with Crippen LogP contribution in [0, 0.1) is 11.6 Å². The van der Waals surface area contributed by atoms with Gasteiger partial charge in [-0.15, -0.1) is 0 Å². The third-order valence-electron chi connectivity index (χ3n) is 4.92. The average Bonchev–Trinajstić information content (AvgIpc) is 2.84. The van der Waals surface area contributed by atoms with Gasteiger partial charge in [0.1, 0.15) is 0 Å². The molecule has 0 aliphatic carbocycles. The van der Waals surface area contributed by atoms with E-state index in [-0.39, 0.29) is 11.4 Å². The third kappa shape index (κ3) is 5.57. The van der Waals surface area contributed by atoms with Crippen molar-refractivity contribution in [2.45, 2.75) is 4.90 Å². The van der Waals surface area contributed by atoms with Crippen molar-refractivity contribution < 1.29 is 41.3 Å². The van der Waals surface area contributed by atoms with Gasteiger partial charge < -0.3 is 24.1 Å². The zero-order valence-corrected chi connectivity index (χ0v) is 20.1. The number of hydrogen-bond acceptors (Lipinski definition) is 7. The molecule has 0 atom stereocenters. The number of sulfonamides is 1. The maximum absolute atomic E-state index is 13.6. The molecule has 0 amide bonds. The summed E-state index contributed by atoms with van der Waals surface area (Å²) in [6, 6.07) is 8.40. The quantitative estimate of drug-likeness (QED) is 0.320. The molecular weight excluding hydrogens is 484 g/mol. The average molecular weight is 508 g/mol. The second kappa shape index (κ2) is 10.5. The van der Waals surface area contributed by atoms with Crippen molar-refractivity contribution in [3.05, 3.63) is 65.2 Å². The lowest BCUT2D eigenvalue weighted by molar-refractivity contribution is 0.324. The Balaban J connectivity index is 2.00. The Morgan fingerprint density at radius 1 is 0.771 bits per heavy atom. The summed E-state index contributed by atoms with van der Waals surface area (Å²) < 4.78 is 75.5. The number of ether oxygens (including phenoxy) is 4. The monoisotopic (exact) mass is 507 g/mol. The minimum Gasteiger partial charge on any atom is -0.503 e. The van der Waals surface area contributed by atoms with Gasteiger partial charge in [0.25, 0.3) is 10.0 Å². The lowest BCUT2D eigenvalue weighted by Crippen LogP contribution is -2.14. The Bertz CT molecular complexity index is 1350. The van der Waals surface area contributed by atoms with Gasteiger partial charge in [0.2, 0.25) is 5.75 Å². The van der Waals surface area contributed by atoms with Crippen LogP contribution >= 0.6 is 0 Å². The Morgan fingerprint density at radius 2 is 1.31 bits per heavy atom. The van der Waals surface area contributed by atoms with Crippen molar-refractivity contribution in [1.82, 2.24) is 0 Å². The summed E-state index contributed by atoms with van der Waals surface area (Å²) in [6.07, 6.45) is 3.34. The van der Waals surface area contributed by atoms with Gasteiger partial charge >= 0.3 is 0 Å². The van der Waals surface area contributed by atoms with Crippen LogP contribution < -0.4 is 23.7 Å². The maximum Gasteiger partial charge on any atom is 0.262 e. The lowest BCUT2D eigenvalue weighted by Gasteiger charge is -2.14. The molecule has 3 aromatic carbocycles. The van der Waals surface area contributed by atoms with Crippen LogP contribution in [0.5, 0.6) is 28.7 Å². The summed E-state index contributed by atoms with van der Waals surface area (Å²) in [5, 5.41) is 10.4. The molecule has 0 saturated carbocycles. The van der Waals surface area contributed by atoms with Crippen LogP contribution in [0.2, 0.25) is 0 Å². The van der Waals surface area contributed by atoms with Crippen LogP contribution in [0.25, 0.3) is 12.2 Å². The van der Waals surface area contributed by atoms with Crippen molar-refractivity contribution >= 4 is 27.9 Å². The molecule has 0 unspecified atom stereocenters. The van der Waals surface area contributed by atoms with E-state index in [2.05, 4.69) is 4.72 Å². The summed E-state index contributed by atoms with van der Waals surface area (Å²) >= 11 is 0. The first-order valence-electron chi connectivity index (χ1n) is 10.0. The van der Waals surface area contributed by atoms with Crippen molar-refractivity contribution in [2.24, 2.45) is 0 Å². The van der Waals surface area contributed by atoms with Crippen LogP contribution in [0.1, 0.15) is 11.1 Å². The normalized spacial score (nSPS) is 11.4. The number of phenols is 1. The summed E-state index contributed by atoms with van der Waals surface area (Å²) in [5.41, 5.74) is 0.908. The first-order valence-corrected chi connectivity index (χ1v) is 11.5. The molecule has 3 rings (SSSR count). The van der Waals surface area contributed by atoms with Crippen LogP contribution in [-0.2, 0) is 10.0 Å². The summed E-state index contributed by atoms with van der Waals surface area (Å²) in [7, 11) is 1.41. The Morgan fingerprint density at radius 3 is 1.83 bits per heavy atom. The number of halogens is 2. The molecule has 186 valence electrons. The predicted molar refractivity (Wildman–Crippen MR) is 127 cm³/mol. The Kier molecular flexibility index (Phi) is 7.70. The van der Waals surface area contributed by atoms with Gasteiger partial charge in [-0.3, -0.25) is 4.72 Å². The standard InChI is InChI=1S/C24H23F2NO7S/c1-31-20-10-14(5-6-15-11-21(32-2)24(34-4)22(12-15)33-3)9-19(23(20)28)27-35(29,30)16-7-8-17(25)18(26)13-16/h5-13,27-28H,1-4H3. The van der Waals surface area contributed by atoms with Gasteiger partial charge in [-0.05, 0) is 53.6 Å². The van der Waals surface area contributed by atoms with E-state index in [4.69, 9.17) is 18.9 Å². The highest BCUT2D eigenvalue weighted by Gasteiger charge is 2.20. The first-order chi connectivity index (χ1) is 16.6. The third-order valence-corrected chi connectivity index (χ3v) is 6.28. The molecule has 0 fully saturated rings. The van der Waals surface area contributed by atoms with E-state index in [9.17, 15) is 22.3 Å². The number of nitrogens with one attached hydrogen (secondary N) is 1. The highest BCUT2D eigenvalue weighted by molar-refractivity contribution is 7.92. The summed E-state index contributed by atoms with van der Waals surface area (Å²) in [4.78, 5) is -0.520. The molecule has 0 heterocycles. The van der Waals surface area contributed by atoms with Crippen molar-refractivity contribution in [3.8, 4) is 28.7 Å². The van der Waals surface area contributed by atoms with Gasteiger partial charge in [0, 0.05) is 0 Å². The van der Waals surface area contributed by atoms with Crippen LogP contribution in [0.4, 0.5) is 14.5 Å². The minimum absolute atomic E-state index is 0.0139. The van der Waals surface area contributed by atoms with Crippen LogP contribution in [0.3, 0.4) is 0 Å². The number of anilines is 1. The van der Waals surface area contributed by atoms with E-state index < -0.39 is 32.3 Å². The topological polar surface area (TPSA) is 103 Å². The van der Waals surface area contributed by atoms with Gasteiger partial charge in [0.05, 0.1) is 39.0 Å². The fraction of sp³-hybridized carbons (Fsp3) is 0.167. The van der Waals surface area contributed by atoms with Crippen LogP contribution in [0.15, 0.2) is 47.4 Å². The molecule has 0 aliphatic rings. The largest absolute Gasteiger partial charge is 0.503 e. The Hall–Kier alpha value is -3.99. The molecule has 11 heteroatoms. The molecule has 0 aromatic heterocycles. The molecule has 2 N–H and O–H groups in total. The summed E-state index contributed by atoms with van der Waals surface area (Å²) in [6.45, 7) is 0. The molecule has 0 aliphatic heterocycles. The zero-order chi connectivity index (χ0) is 25.8. The maximum atomic E-state index is 13.6. The highest BCUT2D eigenvalue weighted by atomic mass is 32.2. The number of phenolic OH excluding ortho intramolecular Hbond substituents is 1. The fourth-order valence-electron chi connectivity index (χ4n) is 3.20. The molecule has 0 saturated heterocycles. The van der Waals surface area contributed by atoms with E-state index >= 15 is 0 Å². The van der Waals surface area contributed by atoms with E-state index in [0.29, 0.717) is 40.5 Å². The zero-order valence-electron chi connectivity index (χ0n) is 19.3. The van der Waals surface area contributed by atoms with E-state index in [1.54, 1.807) is 24.3 Å². The SMILES string of the molecule is COc1cc(C=Cc2cc(OC)c(OC)c(OC)c2)cc(NS(=O)(=O)c2ccc(F)c(F)c2)c1O. The van der Waals surface area contributed by atoms with E-state index in [1.165, 1.54) is 40.6 Å². The van der Waals surface area contributed by atoms with E-state index in [0.717, 1.165) is 6.07 Å². The van der Waals surface area contributed by atoms with Crippen molar-refractivity contribution in [1.29, 1.82) is 0 Å². The molecule has 35 heavy (non-hydrogen) atoms. The lowest BCUT2D eigenvalue weighted by atomic mass is 10.1. The van der Waals surface area contributed by atoms with Crippen molar-refractivity contribution in [2.75, 3.05) is 33.2 Å². The fourth-order valence-corrected chi connectivity index (χ4v) is 4.27. The number of aromatic hydroxyl groups is 1. The van der Waals surface area contributed by atoms with E-state index in [1.807, 2.05) is 0 Å². The molecule has 8 nitrogen and oxygen atoms in total. The van der Waals surface area contributed by atoms with Crippen molar-refractivity contribution in [3.63, 3.8) is 0 Å². The minimum atomic E-state index is -4.35. The number of benzene rings is 3. The number of methoxy groups -OCH3 is 4. The molecule has 0 spiro atoms. The summed E-state index contributed by atoms with van der Waals surface area (Å²) in [5.74, 6) is -1.70. The molecule has 3 aromatic rings. The highest BCUT2D eigenvalue weighted by Crippen LogP contribution is 2.40. The predicted octanol–water partition coefficient (Wildman–Crippen LogP) is 4.68. The molecule has 0 radical (unpaired) electrons. The van der Waals surface area contributed by atoms with Gasteiger partial charge in [-0.1, -0.05) is 12.2 Å². The second-order valence-corrected chi connectivity index (χ2v) is 8.78. The Labute approximate surface area is 201 Å². The van der Waals surface area contributed by atoms with Gasteiger partial charge in [0.15, 0.2) is 34.6 Å². The van der Waals surface area contributed by atoms with Crippen LogP contribution in [-0.4, -0.2) is 42.0 Å².